The minimum Gasteiger partial charge on any atom is -0.336 e. The van der Waals surface area contributed by atoms with Gasteiger partial charge in [0.05, 0.1) is 22.6 Å². The van der Waals surface area contributed by atoms with Crippen molar-refractivity contribution in [1.82, 2.24) is 20.0 Å². The summed E-state index contributed by atoms with van der Waals surface area (Å²) in [6, 6.07) is 10.6. The third-order valence-corrected chi connectivity index (χ3v) is 6.48. The van der Waals surface area contributed by atoms with Crippen LogP contribution >= 0.6 is 11.3 Å². The third kappa shape index (κ3) is 2.56. The highest BCUT2D eigenvalue weighted by molar-refractivity contribution is 7.14. The van der Waals surface area contributed by atoms with E-state index >= 15 is 0 Å². The smallest absolute Gasteiger partial charge is 0.264 e. The highest BCUT2D eigenvalue weighted by Gasteiger charge is 2.30. The second-order valence-corrected chi connectivity index (χ2v) is 7.96. The zero-order chi connectivity index (χ0) is 16.8. The van der Waals surface area contributed by atoms with Crippen molar-refractivity contribution in [3.8, 4) is 0 Å². The number of rotatable bonds is 2. The molecule has 1 aromatic carbocycles. The first-order chi connectivity index (χ1) is 12.3. The number of aromatic nitrogens is 2. The molecule has 3 aromatic rings. The summed E-state index contributed by atoms with van der Waals surface area (Å²) in [7, 11) is 0. The molecule has 0 aliphatic carbocycles. The van der Waals surface area contributed by atoms with Gasteiger partial charge >= 0.3 is 0 Å². The van der Waals surface area contributed by atoms with Crippen LogP contribution in [-0.4, -0.2) is 40.2 Å². The molecule has 1 amide bonds. The lowest BCUT2D eigenvalue weighted by Crippen LogP contribution is -2.28. The van der Waals surface area contributed by atoms with E-state index in [9.17, 15) is 4.79 Å². The highest BCUT2D eigenvalue weighted by Crippen LogP contribution is 2.30. The molecule has 1 N–H and O–H groups in total. The Bertz CT molecular complexity index is 920. The summed E-state index contributed by atoms with van der Waals surface area (Å²) in [5, 5.41) is 9.10. The number of hydrogen-bond acceptors (Lipinski definition) is 4. The quantitative estimate of drug-likeness (QED) is 0.772. The Morgan fingerprint density at radius 2 is 2.24 bits per heavy atom. The second kappa shape index (κ2) is 5.97. The lowest BCUT2D eigenvalue weighted by molar-refractivity contribution is 0.0792. The first-order valence-corrected chi connectivity index (χ1v) is 9.65. The number of carbonyl (C=O) groups is 1. The van der Waals surface area contributed by atoms with Gasteiger partial charge in [-0.3, -0.25) is 9.48 Å². The van der Waals surface area contributed by atoms with Crippen LogP contribution in [0.15, 0.2) is 36.5 Å². The van der Waals surface area contributed by atoms with E-state index in [0.717, 1.165) is 54.8 Å². The number of nitrogens with one attached hydrogen (secondary N) is 1. The Balaban J connectivity index is 1.36. The molecule has 2 aliphatic heterocycles. The Kier molecular flexibility index (Phi) is 3.60. The summed E-state index contributed by atoms with van der Waals surface area (Å²) < 4.78 is 2.09. The van der Waals surface area contributed by atoms with Crippen LogP contribution in [0.1, 0.15) is 32.6 Å². The average Bonchev–Trinajstić information content (AvgIpc) is 3.37. The average molecular weight is 352 g/mol. The molecule has 0 bridgehead atoms. The van der Waals surface area contributed by atoms with Gasteiger partial charge in [-0.15, -0.1) is 11.3 Å². The Hall–Kier alpha value is -2.18. The predicted molar refractivity (Wildman–Crippen MR) is 99.0 cm³/mol. The number of thiophene rings is 1. The number of hydrogen-bond donors (Lipinski definition) is 1. The van der Waals surface area contributed by atoms with Gasteiger partial charge < -0.3 is 10.2 Å². The number of fused-ring (bicyclic) bond motifs is 2. The van der Waals surface area contributed by atoms with Crippen LogP contribution in [0.25, 0.3) is 10.9 Å². The number of para-hydroxylation sites is 1. The van der Waals surface area contributed by atoms with E-state index in [1.165, 1.54) is 10.4 Å². The van der Waals surface area contributed by atoms with E-state index in [-0.39, 0.29) is 11.9 Å². The van der Waals surface area contributed by atoms with E-state index in [1.807, 2.05) is 23.2 Å². The molecule has 6 heteroatoms. The fraction of sp³-hybridized carbons (Fsp3) is 0.368. The first kappa shape index (κ1) is 15.1. The first-order valence-electron chi connectivity index (χ1n) is 8.83. The van der Waals surface area contributed by atoms with Crippen LogP contribution in [0.3, 0.4) is 0 Å². The van der Waals surface area contributed by atoms with Crippen LogP contribution in [0.5, 0.6) is 0 Å². The summed E-state index contributed by atoms with van der Waals surface area (Å²) in [6.07, 6.45) is 3.92. The van der Waals surface area contributed by atoms with Crippen LogP contribution in [-0.2, 0) is 13.0 Å². The van der Waals surface area contributed by atoms with Gasteiger partial charge in [0.1, 0.15) is 0 Å². The highest BCUT2D eigenvalue weighted by atomic mass is 32.1. The molecule has 1 fully saturated rings. The molecule has 0 saturated carbocycles. The lowest BCUT2D eigenvalue weighted by atomic mass is 10.1. The van der Waals surface area contributed by atoms with E-state index in [1.54, 1.807) is 11.3 Å². The van der Waals surface area contributed by atoms with Crippen molar-refractivity contribution in [3.05, 3.63) is 51.8 Å². The fourth-order valence-corrected chi connectivity index (χ4v) is 5.07. The van der Waals surface area contributed by atoms with Crippen LogP contribution < -0.4 is 5.32 Å². The number of nitrogens with zero attached hydrogens (tertiary/aromatic N) is 3. The molecular formula is C19H20N4OS. The van der Waals surface area contributed by atoms with E-state index in [4.69, 9.17) is 0 Å². The molecule has 5 rings (SSSR count). The maximum Gasteiger partial charge on any atom is 0.264 e. The maximum atomic E-state index is 12.9. The molecule has 1 saturated heterocycles. The van der Waals surface area contributed by atoms with E-state index in [2.05, 4.69) is 33.3 Å². The topological polar surface area (TPSA) is 50.2 Å². The zero-order valence-electron chi connectivity index (χ0n) is 13.9. The molecule has 1 atom stereocenters. The largest absolute Gasteiger partial charge is 0.336 e. The number of amides is 1. The molecule has 0 spiro atoms. The van der Waals surface area contributed by atoms with Crippen molar-refractivity contribution in [2.75, 3.05) is 19.6 Å². The molecule has 0 radical (unpaired) electrons. The Labute approximate surface area is 150 Å². The minimum absolute atomic E-state index is 0.179. The van der Waals surface area contributed by atoms with Gasteiger partial charge in [-0.25, -0.2) is 0 Å². The van der Waals surface area contributed by atoms with Gasteiger partial charge in [-0.2, -0.15) is 5.10 Å². The minimum atomic E-state index is 0.179. The van der Waals surface area contributed by atoms with Gasteiger partial charge in [0.25, 0.3) is 5.91 Å². The van der Waals surface area contributed by atoms with Crippen LogP contribution in [0.2, 0.25) is 0 Å². The number of carbonyl (C=O) groups excluding carboxylic acids is 1. The van der Waals surface area contributed by atoms with Crippen molar-refractivity contribution in [2.24, 2.45) is 0 Å². The molecule has 2 aromatic heterocycles. The van der Waals surface area contributed by atoms with Crippen molar-refractivity contribution in [2.45, 2.75) is 25.4 Å². The Morgan fingerprint density at radius 1 is 1.32 bits per heavy atom. The zero-order valence-corrected chi connectivity index (χ0v) is 14.8. The van der Waals surface area contributed by atoms with E-state index in [0.29, 0.717) is 0 Å². The number of benzene rings is 1. The lowest BCUT2D eigenvalue weighted by Gasteiger charge is -2.16. The van der Waals surface area contributed by atoms with Crippen molar-refractivity contribution in [3.63, 3.8) is 0 Å². The molecule has 25 heavy (non-hydrogen) atoms. The summed E-state index contributed by atoms with van der Waals surface area (Å²) in [6.45, 7) is 3.45. The van der Waals surface area contributed by atoms with Gasteiger partial charge in [0.2, 0.25) is 0 Å². The molecule has 5 nitrogen and oxygen atoms in total. The normalized spacial score (nSPS) is 20.2. The van der Waals surface area contributed by atoms with Crippen molar-refractivity contribution < 1.29 is 4.79 Å². The second-order valence-electron chi connectivity index (χ2n) is 6.83. The van der Waals surface area contributed by atoms with Gasteiger partial charge in [-0.1, -0.05) is 18.2 Å². The Morgan fingerprint density at radius 3 is 3.16 bits per heavy atom. The van der Waals surface area contributed by atoms with Gasteiger partial charge in [0, 0.05) is 36.4 Å². The van der Waals surface area contributed by atoms with E-state index < -0.39 is 0 Å². The monoisotopic (exact) mass is 352 g/mol. The molecular weight excluding hydrogens is 332 g/mol. The van der Waals surface area contributed by atoms with Gasteiger partial charge in [-0.05, 0) is 30.5 Å². The predicted octanol–water partition coefficient (Wildman–Crippen LogP) is 2.83. The third-order valence-electron chi connectivity index (χ3n) is 5.25. The maximum absolute atomic E-state index is 12.9. The summed E-state index contributed by atoms with van der Waals surface area (Å²) in [5.41, 5.74) is 2.45. The van der Waals surface area contributed by atoms with Gasteiger partial charge in [0.15, 0.2) is 0 Å². The SMILES string of the molecule is O=C(c1cc2c(s1)CCNC2)N1CCC(n2ncc3ccccc32)C1. The molecule has 128 valence electrons. The molecule has 1 unspecified atom stereocenters. The van der Waals surface area contributed by atoms with Crippen LogP contribution in [0.4, 0.5) is 0 Å². The molecule has 4 heterocycles. The van der Waals surface area contributed by atoms with Crippen LogP contribution in [0, 0.1) is 0 Å². The van der Waals surface area contributed by atoms with Crippen molar-refractivity contribution >= 4 is 28.1 Å². The summed E-state index contributed by atoms with van der Waals surface area (Å²) in [4.78, 5) is 17.2. The fourth-order valence-electron chi connectivity index (χ4n) is 3.92. The standard InChI is InChI=1S/C19H20N4OS/c24-19(18-9-14-10-20-7-5-17(14)25-18)22-8-6-15(12-22)23-16-4-2-1-3-13(16)11-21-23/h1-4,9,11,15,20H,5-8,10,12H2. The summed E-state index contributed by atoms with van der Waals surface area (Å²) >= 11 is 1.68. The van der Waals surface area contributed by atoms with Crippen molar-refractivity contribution in [1.29, 1.82) is 0 Å². The summed E-state index contributed by atoms with van der Waals surface area (Å²) in [5.74, 6) is 0.179. The molecule has 2 aliphatic rings. The number of likely N-dealkylation sites (tertiary alicyclic amines) is 1.